The van der Waals surface area contributed by atoms with Crippen LogP contribution < -0.4 is 0 Å². The third-order valence-electron chi connectivity index (χ3n) is 4.60. The third kappa shape index (κ3) is 2.95. The number of nitrogens with zero attached hydrogens (tertiary/aromatic N) is 2. The molecule has 122 valence electrons. The van der Waals surface area contributed by atoms with Gasteiger partial charge >= 0.3 is 0 Å². The first-order chi connectivity index (χ1) is 11.0. The Hall–Kier alpha value is -1.95. The molecule has 1 aliphatic rings. The lowest BCUT2D eigenvalue weighted by molar-refractivity contribution is 0.0735. The number of aryl methyl sites for hydroxylation is 1. The number of H-pyrrole nitrogens is 1. The van der Waals surface area contributed by atoms with E-state index in [-0.39, 0.29) is 11.9 Å². The van der Waals surface area contributed by atoms with Gasteiger partial charge in [0.05, 0.1) is 6.04 Å². The maximum absolute atomic E-state index is 12.8. The van der Waals surface area contributed by atoms with Gasteiger partial charge in [0.25, 0.3) is 5.91 Å². The van der Waals surface area contributed by atoms with Crippen molar-refractivity contribution in [2.45, 2.75) is 37.1 Å². The molecule has 1 aliphatic carbocycles. The van der Waals surface area contributed by atoms with Crippen LogP contribution in [-0.4, -0.2) is 38.5 Å². The van der Waals surface area contributed by atoms with Gasteiger partial charge in [0.15, 0.2) is 5.69 Å². The van der Waals surface area contributed by atoms with Crippen LogP contribution in [0.4, 0.5) is 0 Å². The predicted molar refractivity (Wildman–Crippen MR) is 89.9 cm³/mol. The van der Waals surface area contributed by atoms with Crippen LogP contribution in [-0.2, 0) is 23.6 Å². The molecule has 2 aromatic rings. The minimum absolute atomic E-state index is 0.0555. The molecular weight excluding hydrogens is 310 g/mol. The van der Waals surface area contributed by atoms with Crippen LogP contribution in [0, 0.1) is 0 Å². The zero-order valence-electron chi connectivity index (χ0n) is 13.6. The number of rotatable bonds is 4. The first-order valence-corrected chi connectivity index (χ1v) is 9.31. The van der Waals surface area contributed by atoms with Crippen molar-refractivity contribution in [2.24, 2.45) is 0 Å². The van der Waals surface area contributed by atoms with E-state index in [4.69, 9.17) is 0 Å². The van der Waals surface area contributed by atoms with Crippen LogP contribution in [0.5, 0.6) is 0 Å². The third-order valence-corrected chi connectivity index (χ3v) is 5.54. The van der Waals surface area contributed by atoms with E-state index in [9.17, 15) is 9.00 Å². The van der Waals surface area contributed by atoms with E-state index in [0.717, 1.165) is 41.0 Å². The van der Waals surface area contributed by atoms with Gasteiger partial charge in [-0.15, -0.1) is 0 Å². The van der Waals surface area contributed by atoms with Crippen molar-refractivity contribution in [3.05, 3.63) is 46.8 Å². The quantitative estimate of drug-likeness (QED) is 0.936. The molecule has 0 fully saturated rings. The van der Waals surface area contributed by atoms with E-state index in [2.05, 4.69) is 10.2 Å². The molecule has 2 atom stereocenters. The highest BCUT2D eigenvalue weighted by molar-refractivity contribution is 7.84. The van der Waals surface area contributed by atoms with Crippen LogP contribution in [0.1, 0.15) is 46.7 Å². The lowest BCUT2D eigenvalue weighted by atomic mass is 10.1. The van der Waals surface area contributed by atoms with Gasteiger partial charge < -0.3 is 4.90 Å². The summed E-state index contributed by atoms with van der Waals surface area (Å²) in [5, 5.41) is 7.21. The average molecular weight is 331 g/mol. The molecule has 0 spiro atoms. The summed E-state index contributed by atoms with van der Waals surface area (Å²) in [6, 6.07) is 7.50. The Labute approximate surface area is 138 Å². The molecule has 1 heterocycles. The maximum Gasteiger partial charge on any atom is 0.274 e. The fourth-order valence-corrected chi connectivity index (χ4v) is 3.52. The first-order valence-electron chi connectivity index (χ1n) is 7.75. The van der Waals surface area contributed by atoms with E-state index in [1.165, 1.54) is 0 Å². The Morgan fingerprint density at radius 1 is 1.30 bits per heavy atom. The number of aromatic nitrogens is 2. The summed E-state index contributed by atoms with van der Waals surface area (Å²) in [5.41, 5.74) is 3.75. The van der Waals surface area contributed by atoms with Gasteiger partial charge in [-0.3, -0.25) is 14.1 Å². The Bertz CT molecular complexity index is 752. The molecule has 0 aliphatic heterocycles. The minimum Gasteiger partial charge on any atom is -0.334 e. The van der Waals surface area contributed by atoms with Crippen LogP contribution in [0.15, 0.2) is 29.2 Å². The van der Waals surface area contributed by atoms with Crippen LogP contribution in [0.3, 0.4) is 0 Å². The Morgan fingerprint density at radius 2 is 2.00 bits per heavy atom. The molecule has 1 amide bonds. The second-order valence-corrected chi connectivity index (χ2v) is 7.38. The smallest absolute Gasteiger partial charge is 0.274 e. The Balaban J connectivity index is 1.79. The van der Waals surface area contributed by atoms with Gasteiger partial charge in [0.1, 0.15) is 0 Å². The average Bonchev–Trinajstić information content (AvgIpc) is 3.16. The van der Waals surface area contributed by atoms with Gasteiger partial charge in [-0.05, 0) is 43.9 Å². The molecule has 6 heteroatoms. The summed E-state index contributed by atoms with van der Waals surface area (Å²) in [7, 11) is 0.812. The van der Waals surface area contributed by atoms with Gasteiger partial charge in [0, 0.05) is 40.3 Å². The van der Waals surface area contributed by atoms with Crippen molar-refractivity contribution in [1.29, 1.82) is 0 Å². The number of carbonyl (C=O) groups excluding carboxylic acids is 1. The zero-order valence-corrected chi connectivity index (χ0v) is 14.4. The number of nitrogens with one attached hydrogen (secondary N) is 1. The SMILES string of the molecule is C[C@@H](c1ccc([S@](C)=O)cc1)N(C)C(=O)c1n[nH]c2c1CCC2. The number of aromatic amines is 1. The van der Waals surface area contributed by atoms with E-state index in [1.807, 2.05) is 31.2 Å². The van der Waals surface area contributed by atoms with Crippen LogP contribution in [0.2, 0.25) is 0 Å². The normalized spacial score (nSPS) is 16.0. The van der Waals surface area contributed by atoms with Crippen molar-refractivity contribution in [3.8, 4) is 0 Å². The van der Waals surface area contributed by atoms with Gasteiger partial charge in [-0.25, -0.2) is 0 Å². The fraction of sp³-hybridized carbons (Fsp3) is 0.412. The van der Waals surface area contributed by atoms with E-state index in [1.54, 1.807) is 18.2 Å². The second-order valence-electron chi connectivity index (χ2n) is 6.00. The molecule has 5 nitrogen and oxygen atoms in total. The van der Waals surface area contributed by atoms with Crippen LogP contribution in [0.25, 0.3) is 0 Å². The summed E-state index contributed by atoms with van der Waals surface area (Å²) in [6.45, 7) is 1.99. The van der Waals surface area contributed by atoms with E-state index < -0.39 is 10.8 Å². The molecule has 1 aromatic carbocycles. The zero-order chi connectivity index (χ0) is 16.6. The van der Waals surface area contributed by atoms with Gasteiger partial charge in [0.2, 0.25) is 0 Å². The number of benzene rings is 1. The lowest BCUT2D eigenvalue weighted by Crippen LogP contribution is -2.30. The molecule has 0 saturated carbocycles. The summed E-state index contributed by atoms with van der Waals surface area (Å²) in [4.78, 5) is 15.3. The summed E-state index contributed by atoms with van der Waals surface area (Å²) >= 11 is 0. The molecule has 0 saturated heterocycles. The standard InChI is InChI=1S/C17H21N3O2S/c1-11(12-7-9-13(10-8-12)23(3)22)20(2)17(21)16-14-5-4-6-15(14)18-19-16/h7-11H,4-6H2,1-3H3,(H,18,19)/t11-,23-/m0/s1. The highest BCUT2D eigenvalue weighted by Gasteiger charge is 2.27. The van der Waals surface area contributed by atoms with Crippen molar-refractivity contribution in [2.75, 3.05) is 13.3 Å². The largest absolute Gasteiger partial charge is 0.334 e. The van der Waals surface area contributed by atoms with E-state index >= 15 is 0 Å². The molecule has 1 aromatic heterocycles. The van der Waals surface area contributed by atoms with Crippen molar-refractivity contribution >= 4 is 16.7 Å². The molecule has 1 N–H and O–H groups in total. The fourth-order valence-electron chi connectivity index (χ4n) is 3.00. The summed E-state index contributed by atoms with van der Waals surface area (Å²) < 4.78 is 11.5. The molecular formula is C17H21N3O2S. The minimum atomic E-state index is -0.989. The Morgan fingerprint density at radius 3 is 2.65 bits per heavy atom. The highest BCUT2D eigenvalue weighted by Crippen LogP contribution is 2.26. The van der Waals surface area contributed by atoms with Crippen molar-refractivity contribution in [3.63, 3.8) is 0 Å². The second kappa shape index (κ2) is 6.28. The molecule has 0 unspecified atom stereocenters. The number of carbonyl (C=O) groups is 1. The lowest BCUT2D eigenvalue weighted by Gasteiger charge is -2.25. The Kier molecular flexibility index (Phi) is 4.35. The number of hydrogen-bond donors (Lipinski definition) is 1. The van der Waals surface area contributed by atoms with Crippen LogP contribution >= 0.6 is 0 Å². The van der Waals surface area contributed by atoms with Gasteiger partial charge in [-0.2, -0.15) is 5.10 Å². The van der Waals surface area contributed by atoms with Gasteiger partial charge in [-0.1, -0.05) is 12.1 Å². The predicted octanol–water partition coefficient (Wildman–Crippen LogP) is 2.47. The monoisotopic (exact) mass is 331 g/mol. The number of amides is 1. The molecule has 0 bridgehead atoms. The van der Waals surface area contributed by atoms with Crippen molar-refractivity contribution < 1.29 is 9.00 Å². The van der Waals surface area contributed by atoms with Crippen molar-refractivity contribution in [1.82, 2.24) is 15.1 Å². The highest BCUT2D eigenvalue weighted by atomic mass is 32.2. The first kappa shape index (κ1) is 15.9. The number of hydrogen-bond acceptors (Lipinski definition) is 3. The summed E-state index contributed by atoms with van der Waals surface area (Å²) in [6.07, 6.45) is 4.64. The molecule has 3 rings (SSSR count). The molecule has 0 radical (unpaired) electrons. The maximum atomic E-state index is 12.8. The topological polar surface area (TPSA) is 66.1 Å². The molecule has 23 heavy (non-hydrogen) atoms. The summed E-state index contributed by atoms with van der Waals surface area (Å²) in [5.74, 6) is -0.0555. The number of fused-ring (bicyclic) bond motifs is 1. The van der Waals surface area contributed by atoms with E-state index in [0.29, 0.717) is 5.69 Å².